The summed E-state index contributed by atoms with van der Waals surface area (Å²) in [6.07, 6.45) is -10.0. The van der Waals surface area contributed by atoms with Crippen LogP contribution in [-0.2, 0) is 28.7 Å². The summed E-state index contributed by atoms with van der Waals surface area (Å²) in [5, 5.41) is 0. The number of hydrogen-bond acceptors (Lipinski definition) is 5. The normalized spacial score (nSPS) is 12.1. The number of nitrogens with zero attached hydrogens (tertiary/aromatic N) is 3. The maximum Gasteiger partial charge on any atom is 0.433 e. The van der Waals surface area contributed by atoms with Gasteiger partial charge in [0, 0.05) is 30.7 Å². The first-order chi connectivity index (χ1) is 13.4. The van der Waals surface area contributed by atoms with E-state index in [1.165, 1.54) is 0 Å². The standard InChI is InChI=1S/C17H15F6N3O3/c1-29-15(28)9-26-13(3-2-6-16(18,19)20)25-11(7-14(26)27)10-4-5-12(24-8-10)17(21,22)23/h4-5,7-8H,2-3,6,9H2,1H3. The first kappa shape index (κ1) is 22.4. The molecule has 6 nitrogen and oxygen atoms in total. The molecule has 0 bridgehead atoms. The number of carbonyl (C=O) groups is 1. The van der Waals surface area contributed by atoms with Crippen LogP contribution in [0.15, 0.2) is 29.2 Å². The second kappa shape index (κ2) is 8.62. The molecule has 0 unspecified atom stereocenters. The molecular weight excluding hydrogens is 408 g/mol. The summed E-state index contributed by atoms with van der Waals surface area (Å²) in [5.41, 5.74) is -1.91. The number of methoxy groups -OCH3 is 1. The van der Waals surface area contributed by atoms with Gasteiger partial charge in [0.2, 0.25) is 0 Å². The topological polar surface area (TPSA) is 74.1 Å². The zero-order chi connectivity index (χ0) is 21.8. The lowest BCUT2D eigenvalue weighted by molar-refractivity contribution is -0.142. The number of alkyl halides is 6. The van der Waals surface area contributed by atoms with E-state index in [4.69, 9.17) is 0 Å². The average molecular weight is 423 g/mol. The molecule has 0 spiro atoms. The van der Waals surface area contributed by atoms with Gasteiger partial charge in [-0.05, 0) is 18.6 Å². The Morgan fingerprint density at radius 2 is 1.86 bits per heavy atom. The third-order valence-electron chi connectivity index (χ3n) is 3.81. The Morgan fingerprint density at radius 3 is 2.38 bits per heavy atom. The van der Waals surface area contributed by atoms with E-state index in [2.05, 4.69) is 14.7 Å². The van der Waals surface area contributed by atoms with E-state index in [1.807, 2.05) is 0 Å². The van der Waals surface area contributed by atoms with Crippen molar-refractivity contribution in [2.75, 3.05) is 7.11 Å². The molecule has 2 rings (SSSR count). The molecule has 0 aliphatic heterocycles. The lowest BCUT2D eigenvalue weighted by Gasteiger charge is -2.13. The van der Waals surface area contributed by atoms with Gasteiger partial charge in [0.25, 0.3) is 5.56 Å². The van der Waals surface area contributed by atoms with Crippen molar-refractivity contribution >= 4 is 5.97 Å². The monoisotopic (exact) mass is 423 g/mol. The van der Waals surface area contributed by atoms with Crippen LogP contribution in [0.3, 0.4) is 0 Å². The lowest BCUT2D eigenvalue weighted by Crippen LogP contribution is -2.29. The Kier molecular flexibility index (Phi) is 6.65. The van der Waals surface area contributed by atoms with Crippen LogP contribution in [0.25, 0.3) is 11.3 Å². The van der Waals surface area contributed by atoms with Crippen molar-refractivity contribution in [3.63, 3.8) is 0 Å². The quantitative estimate of drug-likeness (QED) is 0.526. The van der Waals surface area contributed by atoms with E-state index in [0.717, 1.165) is 30.0 Å². The third-order valence-corrected chi connectivity index (χ3v) is 3.81. The maximum absolute atomic E-state index is 12.6. The minimum Gasteiger partial charge on any atom is -0.468 e. The van der Waals surface area contributed by atoms with Crippen LogP contribution >= 0.6 is 0 Å². The third kappa shape index (κ3) is 6.29. The first-order valence-corrected chi connectivity index (χ1v) is 8.18. The molecule has 0 saturated heterocycles. The number of pyridine rings is 1. The molecule has 0 saturated carbocycles. The smallest absolute Gasteiger partial charge is 0.433 e. The predicted octanol–water partition coefficient (Wildman–Crippen LogP) is 3.38. The summed E-state index contributed by atoms with van der Waals surface area (Å²) >= 11 is 0. The summed E-state index contributed by atoms with van der Waals surface area (Å²) in [7, 11) is 1.08. The Labute approximate surface area is 160 Å². The van der Waals surface area contributed by atoms with Crippen molar-refractivity contribution in [3.8, 4) is 11.3 Å². The summed E-state index contributed by atoms with van der Waals surface area (Å²) in [4.78, 5) is 31.2. The highest BCUT2D eigenvalue weighted by molar-refractivity contribution is 5.69. The van der Waals surface area contributed by atoms with Gasteiger partial charge in [0.05, 0.1) is 12.8 Å². The highest BCUT2D eigenvalue weighted by Crippen LogP contribution is 2.28. The van der Waals surface area contributed by atoms with Crippen molar-refractivity contribution in [3.05, 3.63) is 46.3 Å². The van der Waals surface area contributed by atoms with Gasteiger partial charge >= 0.3 is 18.3 Å². The van der Waals surface area contributed by atoms with Gasteiger partial charge in [-0.2, -0.15) is 26.3 Å². The number of esters is 1. The second-order valence-electron chi connectivity index (χ2n) is 5.96. The van der Waals surface area contributed by atoms with E-state index < -0.39 is 49.0 Å². The van der Waals surface area contributed by atoms with Gasteiger partial charge < -0.3 is 4.74 Å². The van der Waals surface area contributed by atoms with Crippen LogP contribution in [0.2, 0.25) is 0 Å². The van der Waals surface area contributed by atoms with E-state index in [9.17, 15) is 35.9 Å². The van der Waals surface area contributed by atoms with Crippen LogP contribution in [0.5, 0.6) is 0 Å². The molecular formula is C17H15F6N3O3. The van der Waals surface area contributed by atoms with E-state index in [0.29, 0.717) is 6.07 Å². The van der Waals surface area contributed by atoms with Crippen LogP contribution < -0.4 is 5.56 Å². The molecule has 0 amide bonds. The van der Waals surface area contributed by atoms with Gasteiger partial charge in [-0.25, -0.2) is 4.98 Å². The zero-order valence-electron chi connectivity index (χ0n) is 15.0. The summed E-state index contributed by atoms with van der Waals surface area (Å²) in [6, 6.07) is 2.70. The first-order valence-electron chi connectivity index (χ1n) is 8.18. The van der Waals surface area contributed by atoms with Gasteiger partial charge in [0.1, 0.15) is 18.1 Å². The van der Waals surface area contributed by atoms with Gasteiger partial charge in [-0.15, -0.1) is 0 Å². The Balaban J connectivity index is 2.41. The molecule has 0 aromatic carbocycles. The van der Waals surface area contributed by atoms with Crippen LogP contribution in [-0.4, -0.2) is 33.8 Å². The number of aromatic nitrogens is 3. The summed E-state index contributed by atoms with van der Waals surface area (Å²) in [5.74, 6) is -0.933. The fraction of sp³-hybridized carbons (Fsp3) is 0.412. The fourth-order valence-corrected chi connectivity index (χ4v) is 2.42. The van der Waals surface area contributed by atoms with Crippen molar-refractivity contribution in [1.29, 1.82) is 0 Å². The molecule has 2 heterocycles. The van der Waals surface area contributed by atoms with Gasteiger partial charge in [-0.1, -0.05) is 0 Å². The minimum atomic E-state index is -4.65. The second-order valence-corrected chi connectivity index (χ2v) is 5.96. The van der Waals surface area contributed by atoms with Crippen molar-refractivity contribution < 1.29 is 35.9 Å². The van der Waals surface area contributed by atoms with Crippen molar-refractivity contribution in [2.24, 2.45) is 0 Å². The largest absolute Gasteiger partial charge is 0.468 e. The lowest BCUT2D eigenvalue weighted by atomic mass is 10.1. The molecule has 0 fully saturated rings. The SMILES string of the molecule is COC(=O)Cn1c(CCCC(F)(F)F)nc(-c2ccc(C(F)(F)F)nc2)cc1=O. The molecule has 158 valence electrons. The van der Waals surface area contributed by atoms with Crippen molar-refractivity contribution in [1.82, 2.24) is 14.5 Å². The number of rotatable bonds is 6. The van der Waals surface area contributed by atoms with Crippen LogP contribution in [0, 0.1) is 0 Å². The van der Waals surface area contributed by atoms with E-state index in [-0.39, 0.29) is 23.5 Å². The molecule has 0 N–H and O–H groups in total. The van der Waals surface area contributed by atoms with E-state index >= 15 is 0 Å². The molecule has 2 aromatic heterocycles. The van der Waals surface area contributed by atoms with Crippen molar-refractivity contribution in [2.45, 2.75) is 38.2 Å². The number of hydrogen-bond donors (Lipinski definition) is 0. The molecule has 0 aliphatic rings. The highest BCUT2D eigenvalue weighted by atomic mass is 19.4. The molecule has 0 atom stereocenters. The molecule has 0 aliphatic carbocycles. The van der Waals surface area contributed by atoms with E-state index in [1.54, 1.807) is 0 Å². The summed E-state index contributed by atoms with van der Waals surface area (Å²) < 4.78 is 80.5. The summed E-state index contributed by atoms with van der Waals surface area (Å²) in [6.45, 7) is -0.560. The molecule has 0 radical (unpaired) electrons. The Morgan fingerprint density at radius 1 is 1.17 bits per heavy atom. The Hall–Kier alpha value is -2.92. The Bertz CT molecular complexity index is 920. The van der Waals surface area contributed by atoms with Crippen LogP contribution in [0.4, 0.5) is 26.3 Å². The predicted molar refractivity (Wildman–Crippen MR) is 87.7 cm³/mol. The highest BCUT2D eigenvalue weighted by Gasteiger charge is 2.32. The number of carbonyl (C=O) groups excluding carboxylic acids is 1. The zero-order valence-corrected chi connectivity index (χ0v) is 15.0. The number of aryl methyl sites for hydroxylation is 1. The van der Waals surface area contributed by atoms with Gasteiger partial charge in [-0.3, -0.25) is 19.1 Å². The van der Waals surface area contributed by atoms with Crippen LogP contribution in [0.1, 0.15) is 24.4 Å². The molecule has 29 heavy (non-hydrogen) atoms. The molecule has 12 heteroatoms. The average Bonchev–Trinajstić information content (AvgIpc) is 2.62. The fourth-order valence-electron chi connectivity index (χ4n) is 2.42. The minimum absolute atomic E-state index is 0.0670. The maximum atomic E-state index is 12.6. The van der Waals surface area contributed by atoms with Gasteiger partial charge in [0.15, 0.2) is 0 Å². The number of ether oxygens (including phenoxy) is 1. The number of halogens is 6. The molecule has 2 aromatic rings.